The minimum atomic E-state index is -2.51. The van der Waals surface area contributed by atoms with Crippen LogP contribution < -0.4 is 9.50 Å². The van der Waals surface area contributed by atoms with Crippen molar-refractivity contribution in [3.05, 3.63) is 24.3 Å². The van der Waals surface area contributed by atoms with Gasteiger partial charge in [-0.3, -0.25) is 0 Å². The number of hydrogen-bond acceptors (Lipinski definition) is 4. The van der Waals surface area contributed by atoms with Crippen molar-refractivity contribution in [3.63, 3.8) is 0 Å². The average molecular weight is 200 g/mol. The average Bonchev–Trinajstić information content (AvgIpc) is 2.04. The van der Waals surface area contributed by atoms with E-state index in [1.165, 1.54) is 0 Å². The van der Waals surface area contributed by atoms with E-state index in [-0.39, 0.29) is 0 Å². The van der Waals surface area contributed by atoms with Gasteiger partial charge < -0.3 is 14.1 Å². The van der Waals surface area contributed by atoms with E-state index in [9.17, 15) is 8.76 Å². The Labute approximate surface area is 79.4 Å². The third-order valence-corrected chi connectivity index (χ3v) is 1.71. The molecule has 0 fully saturated rings. The van der Waals surface area contributed by atoms with Crippen molar-refractivity contribution in [2.24, 2.45) is 0 Å². The molecule has 0 radical (unpaired) electrons. The summed E-state index contributed by atoms with van der Waals surface area (Å²) in [4.78, 5) is 0. The summed E-state index contributed by atoms with van der Waals surface area (Å²) >= 11 is -2.51. The monoisotopic (exact) mass is 200 g/mol. The first-order chi connectivity index (χ1) is 6.22. The van der Waals surface area contributed by atoms with Crippen LogP contribution in [-0.2, 0) is 11.4 Å². The van der Waals surface area contributed by atoms with Gasteiger partial charge in [-0.25, -0.2) is 4.21 Å². The smallest absolute Gasteiger partial charge is 0.141 e. The molecular formula is C8H10NO3S-. The molecule has 0 aliphatic rings. The summed E-state index contributed by atoms with van der Waals surface area (Å²) in [7, 11) is 0. The maximum Gasteiger partial charge on any atom is 0.141 e. The number of anilines is 1. The number of hydrogen-bond donors (Lipinski definition) is 1. The Morgan fingerprint density at radius 3 is 3.00 bits per heavy atom. The fraction of sp³-hybridized carbons (Fsp3) is 0.250. The Balaban J connectivity index is 2.73. The summed E-state index contributed by atoms with van der Waals surface area (Å²) in [5, 5.41) is 3.04. The minimum Gasteiger partial charge on any atom is -0.740 e. The summed E-state index contributed by atoms with van der Waals surface area (Å²) in [6.07, 6.45) is 0. The number of benzene rings is 1. The predicted octanol–water partition coefficient (Wildman–Crippen LogP) is 1.29. The zero-order chi connectivity index (χ0) is 9.68. The minimum absolute atomic E-state index is 0.312. The van der Waals surface area contributed by atoms with E-state index >= 15 is 0 Å². The van der Waals surface area contributed by atoms with Crippen molar-refractivity contribution >= 4 is 17.0 Å². The molecule has 1 aromatic carbocycles. The van der Waals surface area contributed by atoms with E-state index in [1.807, 2.05) is 13.0 Å². The lowest BCUT2D eigenvalue weighted by atomic mass is 10.3. The van der Waals surface area contributed by atoms with Crippen LogP contribution in [0.1, 0.15) is 6.92 Å². The van der Waals surface area contributed by atoms with Crippen LogP contribution in [-0.4, -0.2) is 15.3 Å². The Bertz CT molecular complexity index is 303. The highest BCUT2D eigenvalue weighted by molar-refractivity contribution is 7.74. The molecule has 0 amide bonds. The molecule has 5 heteroatoms. The summed E-state index contributed by atoms with van der Waals surface area (Å²) in [6.45, 7) is 2.74. The van der Waals surface area contributed by atoms with Crippen LogP contribution in [0.25, 0.3) is 0 Å². The summed E-state index contributed by atoms with van der Waals surface area (Å²) in [5.74, 6) is 0.312. The van der Waals surface area contributed by atoms with E-state index in [4.69, 9.17) is 0 Å². The Morgan fingerprint density at radius 1 is 1.62 bits per heavy atom. The molecule has 0 spiro atoms. The maximum atomic E-state index is 10.2. The highest BCUT2D eigenvalue weighted by Crippen LogP contribution is 2.17. The molecule has 0 saturated heterocycles. The number of rotatable bonds is 4. The van der Waals surface area contributed by atoms with Crippen molar-refractivity contribution in [1.82, 2.24) is 0 Å². The molecule has 0 aromatic heterocycles. The topological polar surface area (TPSA) is 61.4 Å². The second kappa shape index (κ2) is 4.84. The molecule has 1 rings (SSSR count). The molecule has 1 aromatic rings. The van der Waals surface area contributed by atoms with Gasteiger partial charge in [-0.2, -0.15) is 0 Å². The molecule has 0 saturated carbocycles. The molecule has 0 aliphatic carbocycles. The SMILES string of the molecule is CCNc1cccc(OS(=O)[O-])c1. The van der Waals surface area contributed by atoms with E-state index in [0.29, 0.717) is 5.75 Å². The summed E-state index contributed by atoms with van der Waals surface area (Å²) in [6, 6.07) is 6.76. The Kier molecular flexibility index (Phi) is 3.72. The lowest BCUT2D eigenvalue weighted by molar-refractivity contribution is 0.440. The highest BCUT2D eigenvalue weighted by atomic mass is 32.2. The van der Waals surface area contributed by atoms with Gasteiger partial charge in [-0.15, -0.1) is 0 Å². The van der Waals surface area contributed by atoms with Gasteiger partial charge in [0, 0.05) is 18.3 Å². The van der Waals surface area contributed by atoms with Gasteiger partial charge in [0.05, 0.1) is 0 Å². The van der Waals surface area contributed by atoms with Gasteiger partial charge in [0.2, 0.25) is 0 Å². The van der Waals surface area contributed by atoms with Gasteiger partial charge in [0.1, 0.15) is 17.1 Å². The van der Waals surface area contributed by atoms with E-state index in [1.54, 1.807) is 18.2 Å². The molecular weight excluding hydrogens is 190 g/mol. The van der Waals surface area contributed by atoms with Crippen LogP contribution in [0.3, 0.4) is 0 Å². The van der Waals surface area contributed by atoms with Crippen molar-refractivity contribution in [2.75, 3.05) is 11.9 Å². The van der Waals surface area contributed by atoms with Gasteiger partial charge in [-0.1, -0.05) is 6.07 Å². The number of nitrogens with one attached hydrogen (secondary N) is 1. The Hall–Kier alpha value is -1.07. The highest BCUT2D eigenvalue weighted by Gasteiger charge is 1.95. The molecule has 0 aliphatic heterocycles. The second-order valence-corrected chi connectivity index (χ2v) is 2.92. The van der Waals surface area contributed by atoms with Crippen molar-refractivity contribution < 1.29 is 12.9 Å². The first-order valence-electron chi connectivity index (χ1n) is 3.84. The van der Waals surface area contributed by atoms with Crippen molar-refractivity contribution in [3.8, 4) is 5.75 Å². The zero-order valence-corrected chi connectivity index (χ0v) is 7.97. The fourth-order valence-electron chi connectivity index (χ4n) is 0.941. The molecule has 1 N–H and O–H groups in total. The summed E-state index contributed by atoms with van der Waals surface area (Å²) in [5.41, 5.74) is 0.838. The molecule has 13 heavy (non-hydrogen) atoms. The van der Waals surface area contributed by atoms with E-state index < -0.39 is 11.4 Å². The standard InChI is InChI=1S/C8H11NO3S/c1-2-9-7-4-3-5-8(6-7)12-13(10)11/h3-6,9H,2H2,1H3,(H,10,11)/p-1. The zero-order valence-electron chi connectivity index (χ0n) is 7.15. The first kappa shape index (κ1) is 10.0. The van der Waals surface area contributed by atoms with Crippen LogP contribution in [0.2, 0.25) is 0 Å². The van der Waals surface area contributed by atoms with Crippen molar-refractivity contribution in [2.45, 2.75) is 6.92 Å². The fourth-order valence-corrected chi connectivity index (χ4v) is 1.20. The van der Waals surface area contributed by atoms with Gasteiger partial charge in [0.15, 0.2) is 0 Å². The molecule has 72 valence electrons. The lowest BCUT2D eigenvalue weighted by Gasteiger charge is -2.08. The van der Waals surface area contributed by atoms with Crippen LogP contribution in [0.5, 0.6) is 5.75 Å². The van der Waals surface area contributed by atoms with Gasteiger partial charge in [0.25, 0.3) is 0 Å². The van der Waals surface area contributed by atoms with Gasteiger partial charge in [-0.05, 0) is 19.1 Å². The maximum absolute atomic E-state index is 10.2. The molecule has 0 bridgehead atoms. The van der Waals surface area contributed by atoms with E-state index in [0.717, 1.165) is 12.2 Å². The molecule has 1 unspecified atom stereocenters. The van der Waals surface area contributed by atoms with Crippen LogP contribution in [0.4, 0.5) is 5.69 Å². The molecule has 1 atom stereocenters. The van der Waals surface area contributed by atoms with Crippen LogP contribution in [0, 0.1) is 0 Å². The first-order valence-corrected chi connectivity index (χ1v) is 4.84. The molecule has 4 nitrogen and oxygen atoms in total. The summed E-state index contributed by atoms with van der Waals surface area (Å²) < 4.78 is 24.9. The third kappa shape index (κ3) is 3.43. The third-order valence-electron chi connectivity index (χ3n) is 1.38. The molecule has 0 heterocycles. The second-order valence-electron chi connectivity index (χ2n) is 2.35. The largest absolute Gasteiger partial charge is 0.740 e. The van der Waals surface area contributed by atoms with E-state index in [2.05, 4.69) is 9.50 Å². The quantitative estimate of drug-likeness (QED) is 0.744. The lowest BCUT2D eigenvalue weighted by Crippen LogP contribution is -2.00. The van der Waals surface area contributed by atoms with Crippen LogP contribution in [0.15, 0.2) is 24.3 Å². The Morgan fingerprint density at radius 2 is 2.38 bits per heavy atom. The van der Waals surface area contributed by atoms with Crippen molar-refractivity contribution in [1.29, 1.82) is 0 Å². The van der Waals surface area contributed by atoms with Crippen LogP contribution >= 0.6 is 0 Å². The van der Waals surface area contributed by atoms with Gasteiger partial charge >= 0.3 is 0 Å². The normalized spacial score (nSPS) is 12.2. The predicted molar refractivity (Wildman–Crippen MR) is 50.2 cm³/mol.